The van der Waals surface area contributed by atoms with Gasteiger partial charge in [0.2, 0.25) is 0 Å². The van der Waals surface area contributed by atoms with E-state index in [0.717, 1.165) is 56.0 Å². The SMILES string of the molecule is CC1(C)CCC(C)(C)c2cc(N3B4c5cccc6c5N(c5ccccc5C6(C)C)c5cc6oc7ccccc7c6c(c54)-c4ccc5c(oc6ccccc65)c43)ccc21. The molecule has 58 heavy (non-hydrogen) atoms. The first-order valence-corrected chi connectivity index (χ1v) is 20.9. The third-order valence-corrected chi connectivity index (χ3v) is 14.7. The molecule has 0 saturated heterocycles. The Bertz CT molecular complexity index is 3310. The first-order valence-electron chi connectivity index (χ1n) is 20.9. The normalized spacial score (nSPS) is 17.7. The predicted octanol–water partition coefficient (Wildman–Crippen LogP) is 13.2. The second-order valence-corrected chi connectivity index (χ2v) is 19.1. The number of furan rings is 2. The van der Waals surface area contributed by atoms with Crippen LogP contribution in [0, 0.1) is 0 Å². The summed E-state index contributed by atoms with van der Waals surface area (Å²) in [7, 11) is 0. The Balaban J connectivity index is 1.24. The van der Waals surface area contributed by atoms with Gasteiger partial charge >= 0.3 is 6.85 Å². The number of para-hydroxylation sites is 4. The molecular weight excluding hydrogens is 707 g/mol. The fraction of sp³-hybridized carbons (Fsp3) is 0.208. The molecule has 0 fully saturated rings. The Morgan fingerprint density at radius 3 is 2.07 bits per heavy atom. The van der Waals surface area contributed by atoms with Crippen LogP contribution in [0.1, 0.15) is 76.6 Å². The van der Waals surface area contributed by atoms with Crippen molar-refractivity contribution in [3.63, 3.8) is 0 Å². The summed E-state index contributed by atoms with van der Waals surface area (Å²) in [4.78, 5) is 5.23. The van der Waals surface area contributed by atoms with Gasteiger partial charge in [0, 0.05) is 55.7 Å². The van der Waals surface area contributed by atoms with Gasteiger partial charge in [-0.25, -0.2) is 0 Å². The lowest BCUT2D eigenvalue weighted by molar-refractivity contribution is 0.332. The smallest absolute Gasteiger partial charge is 0.333 e. The number of benzene rings is 7. The third-order valence-electron chi connectivity index (χ3n) is 14.7. The lowest BCUT2D eigenvalue weighted by atomic mass is 9.42. The summed E-state index contributed by atoms with van der Waals surface area (Å²) < 4.78 is 14.0. The first kappa shape index (κ1) is 32.8. The van der Waals surface area contributed by atoms with Crippen molar-refractivity contribution in [2.45, 2.75) is 70.6 Å². The fourth-order valence-electron chi connectivity index (χ4n) is 11.7. The van der Waals surface area contributed by atoms with E-state index in [2.05, 4.69) is 179 Å². The molecule has 0 bridgehead atoms. The van der Waals surface area contributed by atoms with Crippen molar-refractivity contribution in [3.05, 3.63) is 150 Å². The van der Waals surface area contributed by atoms with Crippen molar-refractivity contribution in [3.8, 4) is 11.1 Å². The molecule has 5 heterocycles. The van der Waals surface area contributed by atoms with E-state index in [9.17, 15) is 0 Å². The van der Waals surface area contributed by atoms with Gasteiger partial charge in [0.05, 0.1) is 11.4 Å². The van der Waals surface area contributed by atoms with Crippen LogP contribution >= 0.6 is 0 Å². The lowest BCUT2D eigenvalue weighted by Crippen LogP contribution is -2.62. The zero-order valence-electron chi connectivity index (χ0n) is 33.8. The van der Waals surface area contributed by atoms with E-state index in [4.69, 9.17) is 8.83 Å². The van der Waals surface area contributed by atoms with Gasteiger partial charge in [-0.2, -0.15) is 0 Å². The molecule has 3 aliphatic heterocycles. The molecule has 0 saturated carbocycles. The van der Waals surface area contributed by atoms with Gasteiger partial charge in [0.1, 0.15) is 16.7 Å². The summed E-state index contributed by atoms with van der Waals surface area (Å²) >= 11 is 0. The number of hydrogen-bond acceptors (Lipinski definition) is 4. The third kappa shape index (κ3) is 3.93. The molecule has 7 aromatic carbocycles. The number of rotatable bonds is 1. The number of hydrogen-bond donors (Lipinski definition) is 0. The van der Waals surface area contributed by atoms with Crippen LogP contribution in [-0.2, 0) is 16.2 Å². The number of nitrogens with zero attached hydrogens (tertiary/aromatic N) is 2. The van der Waals surface area contributed by atoms with E-state index < -0.39 is 0 Å². The van der Waals surface area contributed by atoms with Crippen LogP contribution in [0.4, 0.5) is 28.4 Å². The van der Waals surface area contributed by atoms with Crippen LogP contribution in [0.2, 0.25) is 0 Å². The Morgan fingerprint density at radius 1 is 0.534 bits per heavy atom. The van der Waals surface area contributed by atoms with Gasteiger partial charge in [0.25, 0.3) is 0 Å². The minimum Gasteiger partial charge on any atom is -0.456 e. The molecule has 13 rings (SSSR count). The van der Waals surface area contributed by atoms with Crippen LogP contribution in [0.5, 0.6) is 0 Å². The van der Waals surface area contributed by atoms with Gasteiger partial charge in [0.15, 0.2) is 5.58 Å². The molecule has 1 aliphatic carbocycles. The van der Waals surface area contributed by atoms with Crippen molar-refractivity contribution >= 4 is 90.1 Å². The fourth-order valence-corrected chi connectivity index (χ4v) is 11.7. The second-order valence-electron chi connectivity index (χ2n) is 19.1. The summed E-state index contributed by atoms with van der Waals surface area (Å²) in [6.45, 7) is 14.3. The maximum absolute atomic E-state index is 7.10. The predicted molar refractivity (Wildman–Crippen MR) is 242 cm³/mol. The van der Waals surface area contributed by atoms with Crippen molar-refractivity contribution in [2.24, 2.45) is 0 Å². The minimum atomic E-state index is -0.215. The van der Waals surface area contributed by atoms with Crippen molar-refractivity contribution in [1.82, 2.24) is 0 Å². The van der Waals surface area contributed by atoms with Crippen molar-refractivity contribution < 1.29 is 8.83 Å². The lowest BCUT2D eigenvalue weighted by Gasteiger charge is -2.50. The van der Waals surface area contributed by atoms with Crippen molar-refractivity contribution in [2.75, 3.05) is 9.71 Å². The summed E-state index contributed by atoms with van der Waals surface area (Å²) in [5.74, 6) is 0. The molecular formula is C53H43BN2O2. The summed E-state index contributed by atoms with van der Waals surface area (Å²) in [5.41, 5.74) is 20.1. The first-order chi connectivity index (χ1) is 28.0. The van der Waals surface area contributed by atoms with Crippen molar-refractivity contribution in [1.29, 1.82) is 0 Å². The van der Waals surface area contributed by atoms with Crippen LogP contribution in [0.3, 0.4) is 0 Å². The molecule has 9 aromatic rings. The standard InChI is InChI=1S/C53H43BN2O2/c1-51(2)26-27-52(3,4)38-28-30(22-25-35(38)51)56-48-34(24-23-32-31-14-7-11-20-42(31)58-50(32)48)46-45-33-15-8-12-21-43(33)57-44(45)29-41-47(46)54(56)39-18-13-17-37-49(39)55(41)40-19-10-9-16-36(40)53(37,5)6/h7-25,28-29H,26-27H2,1-6H3. The summed E-state index contributed by atoms with van der Waals surface area (Å²) in [5, 5.41) is 4.57. The van der Waals surface area contributed by atoms with Crippen LogP contribution in [0.25, 0.3) is 55.0 Å². The monoisotopic (exact) mass is 750 g/mol. The molecule has 5 heteroatoms. The molecule has 0 spiro atoms. The van der Waals surface area contributed by atoms with Gasteiger partial charge in [-0.15, -0.1) is 0 Å². The van der Waals surface area contributed by atoms with E-state index in [1.54, 1.807) is 0 Å². The highest BCUT2D eigenvalue weighted by Gasteiger charge is 2.51. The largest absolute Gasteiger partial charge is 0.456 e. The highest BCUT2D eigenvalue weighted by Crippen LogP contribution is 2.58. The van der Waals surface area contributed by atoms with Crippen LogP contribution in [0.15, 0.2) is 136 Å². The highest BCUT2D eigenvalue weighted by molar-refractivity contribution is 6.94. The van der Waals surface area contributed by atoms with E-state index in [0.29, 0.717) is 0 Å². The second kappa shape index (κ2) is 10.6. The van der Waals surface area contributed by atoms with Gasteiger partial charge < -0.3 is 18.5 Å². The number of fused-ring (bicyclic) bond motifs is 15. The molecule has 0 atom stereocenters. The van der Waals surface area contributed by atoms with Crippen LogP contribution in [-0.4, -0.2) is 6.85 Å². The molecule has 4 nitrogen and oxygen atoms in total. The van der Waals surface area contributed by atoms with E-state index in [1.165, 1.54) is 73.5 Å². The molecule has 0 N–H and O–H groups in total. The van der Waals surface area contributed by atoms with E-state index in [1.807, 2.05) is 0 Å². The molecule has 0 amide bonds. The maximum atomic E-state index is 7.10. The molecule has 0 radical (unpaired) electrons. The van der Waals surface area contributed by atoms with Gasteiger partial charge in [-0.3, -0.25) is 0 Å². The quantitative estimate of drug-likeness (QED) is 0.156. The zero-order valence-corrected chi connectivity index (χ0v) is 33.8. The Morgan fingerprint density at radius 2 is 1.24 bits per heavy atom. The minimum absolute atomic E-state index is 0.0405. The zero-order chi connectivity index (χ0) is 39.0. The maximum Gasteiger partial charge on any atom is 0.333 e. The molecule has 2 aromatic heterocycles. The van der Waals surface area contributed by atoms with Crippen LogP contribution < -0.4 is 20.6 Å². The van der Waals surface area contributed by atoms with E-state index in [-0.39, 0.29) is 23.1 Å². The molecule has 4 aliphatic rings. The number of anilines is 5. The molecule has 280 valence electrons. The summed E-state index contributed by atoms with van der Waals surface area (Å²) in [6, 6.07) is 47.5. The average Bonchev–Trinajstić information content (AvgIpc) is 3.80. The summed E-state index contributed by atoms with van der Waals surface area (Å²) in [6.07, 6.45) is 2.33. The van der Waals surface area contributed by atoms with Gasteiger partial charge in [-0.05, 0) is 98.8 Å². The topological polar surface area (TPSA) is 32.8 Å². The Hall–Kier alpha value is -6.20. The average molecular weight is 751 g/mol. The molecule has 0 unspecified atom stereocenters. The van der Waals surface area contributed by atoms with Gasteiger partial charge in [-0.1, -0.05) is 126 Å². The van der Waals surface area contributed by atoms with E-state index >= 15 is 0 Å². The highest BCUT2D eigenvalue weighted by atomic mass is 16.3. The Labute approximate surface area is 338 Å². The Kier molecular flexibility index (Phi) is 6.03.